The van der Waals surface area contributed by atoms with E-state index in [-0.39, 0.29) is 16.8 Å². The Hall–Kier alpha value is -2.45. The van der Waals surface area contributed by atoms with Crippen molar-refractivity contribution in [2.24, 2.45) is 0 Å². The lowest BCUT2D eigenvalue weighted by Gasteiger charge is -2.22. The number of alkyl halides is 3. The number of anilines is 1. The summed E-state index contributed by atoms with van der Waals surface area (Å²) >= 11 is 5.99. The summed E-state index contributed by atoms with van der Waals surface area (Å²) in [6.45, 7) is 5.11. The predicted octanol–water partition coefficient (Wildman–Crippen LogP) is 5.67. The molecule has 5 nitrogen and oxygen atoms in total. The highest BCUT2D eigenvalue weighted by Crippen LogP contribution is 2.32. The fraction of sp³-hybridized carbons (Fsp3) is 0.316. The van der Waals surface area contributed by atoms with Crippen LogP contribution in [-0.2, 0) is 4.74 Å². The second kappa shape index (κ2) is 8.28. The van der Waals surface area contributed by atoms with Gasteiger partial charge >= 0.3 is 12.5 Å². The van der Waals surface area contributed by atoms with Gasteiger partial charge in [-0.1, -0.05) is 23.7 Å². The highest BCUT2D eigenvalue weighted by molar-refractivity contribution is 6.30. The lowest BCUT2D eigenvalue weighted by atomic mass is 10.00. The van der Waals surface area contributed by atoms with E-state index < -0.39 is 29.9 Å². The number of aliphatic hydroxyl groups is 1. The molecule has 0 bridgehead atoms. The Bertz CT molecular complexity index is 833. The summed E-state index contributed by atoms with van der Waals surface area (Å²) in [5, 5.41) is 13.5. The summed E-state index contributed by atoms with van der Waals surface area (Å²) in [6.07, 6.45) is -6.79. The van der Waals surface area contributed by atoms with Crippen LogP contribution in [0.4, 0.5) is 23.7 Å². The highest BCUT2D eigenvalue weighted by Gasteiger charge is 2.31. The van der Waals surface area contributed by atoms with Gasteiger partial charge in [-0.3, -0.25) is 5.32 Å². The SMILES string of the molecule is CC(C)(C)OC(=O)Nc1ccc(Cl)cc1C(O)c1ccc(OC(F)(F)F)cc1. The largest absolute Gasteiger partial charge is 0.573 e. The lowest BCUT2D eigenvalue weighted by molar-refractivity contribution is -0.274. The zero-order valence-electron chi connectivity index (χ0n) is 15.3. The maximum absolute atomic E-state index is 12.3. The van der Waals surface area contributed by atoms with E-state index >= 15 is 0 Å². The van der Waals surface area contributed by atoms with E-state index in [1.807, 2.05) is 0 Å². The Kier molecular flexibility index (Phi) is 6.46. The Labute approximate surface area is 165 Å². The third-order valence-electron chi connectivity index (χ3n) is 3.37. The fourth-order valence-corrected chi connectivity index (χ4v) is 2.50. The van der Waals surface area contributed by atoms with Crippen LogP contribution in [0.5, 0.6) is 5.75 Å². The zero-order valence-corrected chi connectivity index (χ0v) is 16.1. The number of ether oxygens (including phenoxy) is 2. The first kappa shape index (κ1) is 21.8. The summed E-state index contributed by atoms with van der Waals surface area (Å²) in [5.74, 6) is -0.415. The molecule has 2 aromatic rings. The van der Waals surface area contributed by atoms with E-state index in [0.29, 0.717) is 5.02 Å². The molecule has 2 aromatic carbocycles. The Balaban J connectivity index is 2.26. The van der Waals surface area contributed by atoms with Gasteiger partial charge in [0.2, 0.25) is 0 Å². The van der Waals surface area contributed by atoms with Gasteiger partial charge in [-0.25, -0.2) is 4.79 Å². The first-order valence-electron chi connectivity index (χ1n) is 8.17. The first-order chi connectivity index (χ1) is 12.8. The minimum atomic E-state index is -4.81. The molecule has 9 heteroatoms. The standard InChI is InChI=1S/C19H19ClF3NO4/c1-18(2,3)28-17(26)24-15-9-6-12(20)10-14(15)16(25)11-4-7-13(8-5-11)27-19(21,22)23/h4-10,16,25H,1-3H3,(H,24,26). The molecule has 0 heterocycles. The number of halogens is 4. The van der Waals surface area contributed by atoms with Crippen LogP contribution in [0.25, 0.3) is 0 Å². The molecule has 0 spiro atoms. The van der Waals surface area contributed by atoms with E-state index in [9.17, 15) is 23.1 Å². The predicted molar refractivity (Wildman–Crippen MR) is 98.5 cm³/mol. The Morgan fingerprint density at radius 2 is 1.71 bits per heavy atom. The molecule has 1 atom stereocenters. The number of amides is 1. The first-order valence-corrected chi connectivity index (χ1v) is 8.55. The van der Waals surface area contributed by atoms with Crippen molar-refractivity contribution in [1.29, 1.82) is 0 Å². The summed E-state index contributed by atoms with van der Waals surface area (Å²) in [4.78, 5) is 12.0. The number of hydrogen-bond donors (Lipinski definition) is 2. The van der Waals surface area contributed by atoms with Crippen molar-refractivity contribution in [2.45, 2.75) is 38.8 Å². The third kappa shape index (κ3) is 6.61. The van der Waals surface area contributed by atoms with Gasteiger partial charge < -0.3 is 14.6 Å². The maximum atomic E-state index is 12.3. The van der Waals surface area contributed by atoms with Crippen molar-refractivity contribution in [2.75, 3.05) is 5.32 Å². The average molecular weight is 418 g/mol. The lowest BCUT2D eigenvalue weighted by Crippen LogP contribution is -2.27. The molecule has 1 unspecified atom stereocenters. The smallest absolute Gasteiger partial charge is 0.444 e. The molecule has 0 aromatic heterocycles. The van der Waals surface area contributed by atoms with Crippen LogP contribution < -0.4 is 10.1 Å². The van der Waals surface area contributed by atoms with Crippen molar-refractivity contribution in [1.82, 2.24) is 0 Å². The van der Waals surface area contributed by atoms with Crippen LogP contribution in [0.1, 0.15) is 38.0 Å². The zero-order chi connectivity index (χ0) is 21.1. The van der Waals surface area contributed by atoms with Crippen LogP contribution in [0.3, 0.4) is 0 Å². The van der Waals surface area contributed by atoms with Crippen LogP contribution >= 0.6 is 11.6 Å². The number of benzene rings is 2. The van der Waals surface area contributed by atoms with Gasteiger partial charge in [-0.05, 0) is 56.7 Å². The molecule has 0 saturated carbocycles. The van der Waals surface area contributed by atoms with Crippen molar-refractivity contribution in [3.63, 3.8) is 0 Å². The minimum absolute atomic E-state index is 0.252. The van der Waals surface area contributed by atoms with E-state index in [0.717, 1.165) is 12.1 Å². The number of aliphatic hydroxyl groups excluding tert-OH is 1. The van der Waals surface area contributed by atoms with Crippen LogP contribution in [0, 0.1) is 0 Å². The highest BCUT2D eigenvalue weighted by atomic mass is 35.5. The molecule has 0 aliphatic carbocycles. The summed E-state index contributed by atoms with van der Waals surface area (Å²) in [6, 6.07) is 9.18. The molecule has 1 amide bonds. The van der Waals surface area contributed by atoms with Crippen molar-refractivity contribution in [3.8, 4) is 5.75 Å². The van der Waals surface area contributed by atoms with Crippen molar-refractivity contribution in [3.05, 3.63) is 58.6 Å². The van der Waals surface area contributed by atoms with E-state index in [1.165, 1.54) is 30.3 Å². The number of nitrogens with one attached hydrogen (secondary N) is 1. The number of rotatable bonds is 4. The molecule has 0 fully saturated rings. The van der Waals surface area contributed by atoms with Gasteiger partial charge in [0.15, 0.2) is 0 Å². The molecule has 0 radical (unpaired) electrons. The summed E-state index contributed by atoms with van der Waals surface area (Å²) in [5.41, 5.74) is 0.0671. The maximum Gasteiger partial charge on any atom is 0.573 e. The van der Waals surface area contributed by atoms with Crippen LogP contribution in [0.2, 0.25) is 5.02 Å². The van der Waals surface area contributed by atoms with Gasteiger partial charge in [-0.2, -0.15) is 0 Å². The topological polar surface area (TPSA) is 67.8 Å². The second-order valence-corrected chi connectivity index (χ2v) is 7.31. The van der Waals surface area contributed by atoms with Gasteiger partial charge in [-0.15, -0.1) is 13.2 Å². The fourth-order valence-electron chi connectivity index (χ4n) is 2.32. The summed E-state index contributed by atoms with van der Waals surface area (Å²) < 4.78 is 45.8. The molecule has 0 saturated heterocycles. The Morgan fingerprint density at radius 1 is 1.11 bits per heavy atom. The third-order valence-corrected chi connectivity index (χ3v) is 3.61. The quantitative estimate of drug-likeness (QED) is 0.672. The molecular weight excluding hydrogens is 399 g/mol. The second-order valence-electron chi connectivity index (χ2n) is 6.88. The Morgan fingerprint density at radius 3 is 2.25 bits per heavy atom. The number of carbonyl (C=O) groups excluding carboxylic acids is 1. The molecule has 0 aliphatic rings. The van der Waals surface area contributed by atoms with E-state index in [2.05, 4.69) is 10.1 Å². The van der Waals surface area contributed by atoms with E-state index in [4.69, 9.17) is 16.3 Å². The van der Waals surface area contributed by atoms with Gasteiger partial charge in [0.1, 0.15) is 17.5 Å². The normalized spacial score (nSPS) is 13.0. The van der Waals surface area contributed by atoms with Gasteiger partial charge in [0.25, 0.3) is 0 Å². The number of hydrogen-bond acceptors (Lipinski definition) is 4. The average Bonchev–Trinajstić information content (AvgIpc) is 2.53. The van der Waals surface area contributed by atoms with Crippen molar-refractivity contribution >= 4 is 23.4 Å². The molecule has 152 valence electrons. The van der Waals surface area contributed by atoms with Crippen LogP contribution in [0.15, 0.2) is 42.5 Å². The molecule has 0 aliphatic heterocycles. The molecule has 2 N–H and O–H groups in total. The number of carbonyl (C=O) groups is 1. The van der Waals surface area contributed by atoms with Crippen LogP contribution in [-0.4, -0.2) is 23.2 Å². The van der Waals surface area contributed by atoms with Gasteiger partial charge in [0.05, 0.1) is 5.69 Å². The van der Waals surface area contributed by atoms with Gasteiger partial charge in [0, 0.05) is 10.6 Å². The minimum Gasteiger partial charge on any atom is -0.444 e. The monoisotopic (exact) mass is 417 g/mol. The molecule has 28 heavy (non-hydrogen) atoms. The molecule has 2 rings (SSSR count). The van der Waals surface area contributed by atoms with E-state index in [1.54, 1.807) is 20.8 Å². The molecular formula is C19H19ClF3NO4. The van der Waals surface area contributed by atoms with Crippen molar-refractivity contribution < 1.29 is 32.5 Å². The summed E-state index contributed by atoms with van der Waals surface area (Å²) in [7, 11) is 0.